The van der Waals surface area contributed by atoms with Gasteiger partial charge in [0.25, 0.3) is 0 Å². The molecule has 0 amide bonds. The molecule has 0 saturated carbocycles. The number of hydrogen-bond donors (Lipinski definition) is 0. The van der Waals surface area contributed by atoms with Crippen LogP contribution in [0.2, 0.25) is 0 Å². The lowest BCUT2D eigenvalue weighted by Crippen LogP contribution is -2.44. The third kappa shape index (κ3) is 2.80. The van der Waals surface area contributed by atoms with Crippen molar-refractivity contribution in [2.75, 3.05) is 0 Å². The number of aromatic nitrogens is 2. The van der Waals surface area contributed by atoms with Crippen LogP contribution in [-0.2, 0) is 0 Å². The number of rotatable bonds is 0. The van der Waals surface area contributed by atoms with Crippen molar-refractivity contribution >= 4 is 71.6 Å². The zero-order valence-corrected chi connectivity index (χ0v) is 22.9. The van der Waals surface area contributed by atoms with Gasteiger partial charge in [0.15, 0.2) is 23.3 Å². The molecule has 0 aliphatic carbocycles. The molecule has 4 aromatic carbocycles. The molecule has 42 heavy (non-hydrogen) atoms. The van der Waals surface area contributed by atoms with Gasteiger partial charge in [0, 0.05) is 43.8 Å². The van der Waals surface area contributed by atoms with E-state index in [9.17, 15) is 0 Å². The Bertz CT molecular complexity index is 2330. The van der Waals surface area contributed by atoms with Gasteiger partial charge in [-0.3, -0.25) is 0 Å². The first-order valence-electron chi connectivity index (χ1n) is 13.6. The first-order chi connectivity index (χ1) is 20.7. The van der Waals surface area contributed by atoms with Crippen molar-refractivity contribution in [2.45, 2.75) is 0 Å². The van der Waals surface area contributed by atoms with E-state index in [1.165, 1.54) is 0 Å². The van der Waals surface area contributed by atoms with Crippen molar-refractivity contribution in [1.82, 2.24) is 7.10 Å². The number of amidine groups is 4. The van der Waals surface area contributed by atoms with Gasteiger partial charge >= 0.3 is 15.0 Å². The van der Waals surface area contributed by atoms with Crippen LogP contribution in [0.3, 0.4) is 0 Å². The molecule has 0 N–H and O–H groups in total. The number of benzene rings is 4. The maximum atomic E-state index is 17.8. The van der Waals surface area contributed by atoms with Crippen LogP contribution in [0.1, 0.15) is 22.3 Å². The Morgan fingerprint density at radius 3 is 1.19 bits per heavy atom. The summed E-state index contributed by atoms with van der Waals surface area (Å²) in [7, 11) is 0. The van der Waals surface area contributed by atoms with Gasteiger partial charge in [0.05, 0.1) is 0 Å². The SMILES string of the molecule is [F][Al]1[n]2c3c4ccccc4c2N=C2N=C(N=c4c5ccccc5c([n]41)=NC1=NC(=N3)c3ccccc31)c1ccccc12. The molecule has 6 bridgehead atoms. The molecule has 8 nitrogen and oxygen atoms in total. The number of fused-ring (bicyclic) bond motifs is 14. The van der Waals surface area contributed by atoms with Gasteiger partial charge in [-0.05, 0) is 0 Å². The predicted octanol–water partition coefficient (Wildman–Crippen LogP) is 4.89. The molecular formula is C32H16AlFN8. The van der Waals surface area contributed by atoms with Gasteiger partial charge in [-0.2, -0.15) is 0 Å². The third-order valence-electron chi connectivity index (χ3n) is 8.25. The van der Waals surface area contributed by atoms with Crippen molar-refractivity contribution < 1.29 is 3.52 Å². The highest BCUT2D eigenvalue weighted by molar-refractivity contribution is 6.50. The molecule has 0 unspecified atom stereocenters. The summed E-state index contributed by atoms with van der Waals surface area (Å²) in [6.07, 6.45) is 0. The van der Waals surface area contributed by atoms with Crippen LogP contribution in [0.5, 0.6) is 0 Å². The van der Waals surface area contributed by atoms with Gasteiger partial charge in [-0.25, -0.2) is 30.0 Å². The molecule has 6 aromatic rings. The minimum Gasteiger partial charge on any atom is -0.363 e. The van der Waals surface area contributed by atoms with Crippen molar-refractivity contribution in [3.8, 4) is 0 Å². The average Bonchev–Trinajstić information content (AvgIpc) is 3.74. The van der Waals surface area contributed by atoms with E-state index in [0.29, 0.717) is 46.0 Å². The molecular weight excluding hydrogens is 542 g/mol. The van der Waals surface area contributed by atoms with Gasteiger partial charge in [0.2, 0.25) is 0 Å². The monoisotopic (exact) mass is 558 g/mol. The van der Waals surface area contributed by atoms with Crippen molar-refractivity contribution in [1.29, 1.82) is 0 Å². The molecule has 0 spiro atoms. The fourth-order valence-corrected chi connectivity index (χ4v) is 8.20. The molecule has 4 aliphatic heterocycles. The van der Waals surface area contributed by atoms with E-state index in [4.69, 9.17) is 30.0 Å². The Balaban J connectivity index is 1.50. The summed E-state index contributed by atoms with van der Waals surface area (Å²) in [5.41, 5.74) is 4.38. The lowest BCUT2D eigenvalue weighted by atomic mass is 10.1. The zero-order chi connectivity index (χ0) is 27.5. The van der Waals surface area contributed by atoms with E-state index < -0.39 is 15.0 Å². The number of halogens is 1. The summed E-state index contributed by atoms with van der Waals surface area (Å²) < 4.78 is 21.1. The van der Waals surface area contributed by atoms with Crippen molar-refractivity contribution in [3.05, 3.63) is 130 Å². The molecule has 6 heterocycles. The van der Waals surface area contributed by atoms with E-state index in [2.05, 4.69) is 0 Å². The van der Waals surface area contributed by atoms with Crippen LogP contribution in [-0.4, -0.2) is 45.5 Å². The molecule has 0 radical (unpaired) electrons. The topological polar surface area (TPSA) is 84.0 Å². The zero-order valence-electron chi connectivity index (χ0n) is 21.8. The summed E-state index contributed by atoms with van der Waals surface area (Å²) in [6.45, 7) is 0. The van der Waals surface area contributed by atoms with Gasteiger partial charge in [-0.1, -0.05) is 97.1 Å². The Kier molecular flexibility index (Phi) is 4.22. The predicted molar refractivity (Wildman–Crippen MR) is 162 cm³/mol. The van der Waals surface area contributed by atoms with Crippen LogP contribution in [0.4, 0.5) is 15.2 Å². The number of aliphatic imine (C=N–C) groups is 4. The summed E-state index contributed by atoms with van der Waals surface area (Å²) in [5.74, 6) is 2.96. The highest BCUT2D eigenvalue weighted by Crippen LogP contribution is 2.41. The van der Waals surface area contributed by atoms with Crippen LogP contribution in [0.25, 0.3) is 21.5 Å². The molecule has 10 heteroatoms. The highest BCUT2D eigenvalue weighted by atomic mass is 27.3. The quantitative estimate of drug-likeness (QED) is 0.238. The molecule has 10 rings (SSSR count). The number of nitrogens with zero attached hydrogens (tertiary/aromatic N) is 8. The average molecular weight is 559 g/mol. The first-order valence-corrected chi connectivity index (χ1v) is 15.1. The normalized spacial score (nSPS) is 15.7. The molecule has 4 aliphatic rings. The first kappa shape index (κ1) is 22.4. The Morgan fingerprint density at radius 2 is 0.762 bits per heavy atom. The second kappa shape index (κ2) is 7.92. The maximum absolute atomic E-state index is 17.8. The van der Waals surface area contributed by atoms with Crippen LogP contribution < -0.4 is 11.0 Å². The summed E-state index contributed by atoms with van der Waals surface area (Å²) in [6, 6.07) is 31.4. The lowest BCUT2D eigenvalue weighted by molar-refractivity contribution is 0.732. The van der Waals surface area contributed by atoms with Crippen LogP contribution in [0, 0.1) is 0 Å². The van der Waals surface area contributed by atoms with Gasteiger partial charge in [0.1, 0.15) is 22.6 Å². The van der Waals surface area contributed by atoms with Crippen molar-refractivity contribution in [2.24, 2.45) is 30.0 Å². The van der Waals surface area contributed by atoms with Gasteiger partial charge < -0.3 is 10.6 Å². The minimum absolute atomic E-state index is 0.478. The van der Waals surface area contributed by atoms with Gasteiger partial charge in [-0.15, -0.1) is 0 Å². The molecule has 0 saturated heterocycles. The summed E-state index contributed by atoms with van der Waals surface area (Å²) in [4.78, 5) is 30.1. The second-order valence-electron chi connectivity index (χ2n) is 10.5. The highest BCUT2D eigenvalue weighted by Gasteiger charge is 2.41. The third-order valence-corrected chi connectivity index (χ3v) is 10.1. The van der Waals surface area contributed by atoms with Crippen LogP contribution in [0.15, 0.2) is 127 Å². The molecule has 0 atom stereocenters. The molecule has 2 aromatic heterocycles. The van der Waals surface area contributed by atoms with E-state index in [-0.39, 0.29) is 0 Å². The Morgan fingerprint density at radius 1 is 0.405 bits per heavy atom. The molecule has 0 fully saturated rings. The fraction of sp³-hybridized carbons (Fsp3) is 0. The largest absolute Gasteiger partial charge is 0.852 e. The van der Waals surface area contributed by atoms with E-state index in [1.807, 2.05) is 97.1 Å². The number of hydrogen-bond acceptors (Lipinski definition) is 6. The fourth-order valence-electron chi connectivity index (χ4n) is 6.37. The van der Waals surface area contributed by atoms with E-state index in [0.717, 1.165) is 43.8 Å². The smallest absolute Gasteiger partial charge is 0.363 e. The van der Waals surface area contributed by atoms with Crippen LogP contribution >= 0.6 is 0 Å². The summed E-state index contributed by atoms with van der Waals surface area (Å²) in [5, 5.41) is 3.18. The standard InChI is InChI=1S/C32H16N8.Al.FH/c1-2-10-18-17(9-1)25-33-26(18)38-28-21-13-5-6-14-22(21)30(35-28)40-32-24-16-8-7-15-23(24)31(36-32)39-29-20-12-4-3-11-19(20)27(34-29)37-25;;/h1-16H;;1H/q-2;+3;/p-1. The maximum Gasteiger partial charge on any atom is 0.852 e. The minimum atomic E-state index is -3.68. The van der Waals surface area contributed by atoms with E-state index >= 15 is 3.52 Å². The Labute approximate surface area is 241 Å². The van der Waals surface area contributed by atoms with E-state index in [1.54, 1.807) is 7.10 Å². The lowest BCUT2D eigenvalue weighted by Gasteiger charge is -2.13. The Hall–Kier alpha value is -5.30. The second-order valence-corrected chi connectivity index (χ2v) is 12.1. The van der Waals surface area contributed by atoms with Crippen molar-refractivity contribution in [3.63, 3.8) is 0 Å². The summed E-state index contributed by atoms with van der Waals surface area (Å²) >= 11 is -3.68. The molecule has 194 valence electrons.